The minimum Gasteiger partial charge on any atom is -0.462 e. The second-order valence-electron chi connectivity index (χ2n) is 35.3. The maximum atomic E-state index is 13.0. The van der Waals surface area contributed by atoms with Gasteiger partial charge in [0, 0.05) is 123 Å². The van der Waals surface area contributed by atoms with E-state index in [1.54, 1.807) is 0 Å². The van der Waals surface area contributed by atoms with Crippen molar-refractivity contribution in [3.63, 3.8) is 0 Å². The van der Waals surface area contributed by atoms with Gasteiger partial charge in [-0.1, -0.05) is 106 Å². The average Bonchev–Trinajstić information content (AvgIpc) is 1.54. The summed E-state index contributed by atoms with van der Waals surface area (Å²) in [6.07, 6.45) is 22.3. The predicted octanol–water partition coefficient (Wildman–Crippen LogP) is 18.4. The highest BCUT2D eigenvalue weighted by atomic mass is 16.6. The summed E-state index contributed by atoms with van der Waals surface area (Å²) in [5.41, 5.74) is 33.2. The molecule has 17 rings (SSSR count). The van der Waals surface area contributed by atoms with Gasteiger partial charge in [-0.25, -0.2) is 39.5 Å². The molecule has 614 valence electrons. The van der Waals surface area contributed by atoms with Crippen LogP contribution in [0.1, 0.15) is 295 Å². The molecule has 6 aliphatic rings. The lowest BCUT2D eigenvalue weighted by Gasteiger charge is -2.28. The second-order valence-corrected chi connectivity index (χ2v) is 35.3. The number of esters is 1. The fourth-order valence-corrected chi connectivity index (χ4v) is 16.5. The van der Waals surface area contributed by atoms with E-state index in [0.29, 0.717) is 29.8 Å². The van der Waals surface area contributed by atoms with Gasteiger partial charge < -0.3 is 34.9 Å². The number of aryl methyl sites for hydroxylation is 3. The van der Waals surface area contributed by atoms with Gasteiger partial charge in [0.15, 0.2) is 29.1 Å². The smallest absolute Gasteiger partial charge is 0.408 e. The molecule has 3 unspecified atom stereocenters. The summed E-state index contributed by atoms with van der Waals surface area (Å²) < 4.78 is 26.0. The maximum Gasteiger partial charge on any atom is 0.408 e. The SMILES string of the molecule is COC(=O)c1nc(C(C)(C)C)no1.Cc1c(C2=Nc3nccc(-c4ccc5c(c4)CCCC5N)c3C2)cnn1C(C)C.Cc1c(C2=Nc3nccc(-c4ccc5c(c4)CCCC5NC(=O)OC(C)(C)C)c3C2)cnn1C(C)C.Cc1c(C2=Nc3nccc(-c4ccc5c(c4)CCCC5NC(=O)c4nc(C(C)(C)C)no4)c3C2)cnn1C(C)C. The standard InChI is InChI=1S/C31H35N7O2.C29H35N5O2.C24H27N5.C8H12N2O3/c1-17(2)38-18(3)24(16-33-38)26-15-23-21(12-13-32-27(23)34-26)20-10-11-22-19(14-20)8-7-9-25(22)35-28(39)29-36-30(37-40-29)31(4,5)6;1-17(2)34-18(3)24(16-31-34)26-15-23-21(12-13-30-27(23)32-26)20-10-11-22-19(14-20)8-7-9-25(22)33-28(35)36-29(4,5)6;1-14(2)29-15(3)21(13-27-29)23-12-20-18(9-10-26-24(20)28-23)17-7-8-19-16(11-17)5-4-6-22(19)25;1-8(2,3)7-9-5(13-10-7)6(11)12-4/h10-14,16-17,25H,7-9,15H2,1-6H3,(H,35,39);10-14,16-17,25H,7-9,15H2,1-6H3,(H,33,35);7-11,13-14,22H,4-6,12,25H2,1-3H3;1-4H3. The third-order valence-electron chi connectivity index (χ3n) is 22.5. The van der Waals surface area contributed by atoms with E-state index in [1.165, 1.54) is 58.0 Å². The number of hydrogen-bond donors (Lipinski definition) is 3. The summed E-state index contributed by atoms with van der Waals surface area (Å²) in [7, 11) is 1.27. The van der Waals surface area contributed by atoms with Crippen molar-refractivity contribution in [2.75, 3.05) is 7.11 Å². The molecular formula is C92H109N19O7. The zero-order chi connectivity index (χ0) is 84.0. The Morgan fingerprint density at radius 1 is 0.483 bits per heavy atom. The molecular weight excluding hydrogens is 1480 g/mol. The van der Waals surface area contributed by atoms with Crippen LogP contribution in [-0.4, -0.2) is 112 Å². The normalized spacial score (nSPS) is 16.5. The Morgan fingerprint density at radius 2 is 0.847 bits per heavy atom. The van der Waals surface area contributed by atoms with E-state index in [-0.39, 0.29) is 52.7 Å². The van der Waals surface area contributed by atoms with Gasteiger partial charge in [-0.15, -0.1) is 0 Å². The molecule has 11 heterocycles. The van der Waals surface area contributed by atoms with Gasteiger partial charge in [0.25, 0.3) is 0 Å². The first kappa shape index (κ1) is 82.7. The molecule has 3 atom stereocenters. The van der Waals surface area contributed by atoms with Gasteiger partial charge in [0.1, 0.15) is 5.60 Å². The van der Waals surface area contributed by atoms with Crippen LogP contribution in [0.3, 0.4) is 0 Å². The highest BCUT2D eigenvalue weighted by Gasteiger charge is 2.34. The number of rotatable bonds is 13. The number of carbonyl (C=O) groups excluding carboxylic acids is 3. The molecule has 26 nitrogen and oxygen atoms in total. The number of nitrogens with two attached hydrogens (primary N) is 1. The summed E-state index contributed by atoms with van der Waals surface area (Å²) in [4.78, 5) is 72.9. The molecule has 0 spiro atoms. The third-order valence-corrected chi connectivity index (χ3v) is 22.5. The van der Waals surface area contributed by atoms with Crippen molar-refractivity contribution in [2.24, 2.45) is 20.7 Å². The molecule has 8 aromatic heterocycles. The predicted molar refractivity (Wildman–Crippen MR) is 456 cm³/mol. The molecule has 11 aromatic rings. The van der Waals surface area contributed by atoms with Crippen LogP contribution in [0, 0.1) is 20.8 Å². The number of benzene rings is 3. The number of nitrogens with zero attached hydrogens (tertiary/aromatic N) is 16. The number of ether oxygens (including phenoxy) is 2. The van der Waals surface area contributed by atoms with Gasteiger partial charge in [-0.3, -0.25) is 18.8 Å². The highest BCUT2D eigenvalue weighted by molar-refractivity contribution is 6.10. The third kappa shape index (κ3) is 17.6. The number of pyridine rings is 3. The first-order valence-corrected chi connectivity index (χ1v) is 41.2. The Morgan fingerprint density at radius 3 is 1.21 bits per heavy atom. The average molecular weight is 1590 g/mol. The fraction of sp³-hybridized carbons (Fsp3) is 0.435. The van der Waals surface area contributed by atoms with Crippen molar-refractivity contribution in [2.45, 2.75) is 254 Å². The van der Waals surface area contributed by atoms with Crippen LogP contribution in [0.2, 0.25) is 0 Å². The molecule has 0 radical (unpaired) electrons. The Labute approximate surface area is 689 Å². The van der Waals surface area contributed by atoms with Crippen LogP contribution in [0.4, 0.5) is 22.2 Å². The van der Waals surface area contributed by atoms with E-state index in [4.69, 9.17) is 34.5 Å². The number of alkyl carbamates (subject to hydrolysis) is 1. The van der Waals surface area contributed by atoms with Crippen molar-refractivity contribution in [1.29, 1.82) is 0 Å². The first-order valence-electron chi connectivity index (χ1n) is 41.2. The topological polar surface area (TPSA) is 327 Å². The van der Waals surface area contributed by atoms with E-state index >= 15 is 0 Å². The fourth-order valence-electron chi connectivity index (χ4n) is 16.5. The summed E-state index contributed by atoms with van der Waals surface area (Å²) in [5.74, 6) is 2.38. The van der Waals surface area contributed by atoms with E-state index in [9.17, 15) is 14.4 Å². The van der Waals surface area contributed by atoms with Gasteiger partial charge >= 0.3 is 29.8 Å². The van der Waals surface area contributed by atoms with Gasteiger partial charge in [0.05, 0.1) is 54.9 Å². The van der Waals surface area contributed by atoms with Crippen molar-refractivity contribution in [3.8, 4) is 33.4 Å². The summed E-state index contributed by atoms with van der Waals surface area (Å²) >= 11 is 0. The molecule has 3 aliphatic heterocycles. The van der Waals surface area contributed by atoms with Crippen LogP contribution in [0.25, 0.3) is 33.4 Å². The maximum absolute atomic E-state index is 13.0. The lowest BCUT2D eigenvalue weighted by molar-refractivity contribution is 0.0496. The first-order chi connectivity index (χ1) is 56.2. The molecule has 3 aromatic carbocycles. The quantitative estimate of drug-likeness (QED) is 0.0903. The van der Waals surface area contributed by atoms with E-state index in [0.717, 1.165) is 178 Å². The lowest BCUT2D eigenvalue weighted by Crippen LogP contribution is -2.36. The van der Waals surface area contributed by atoms with Crippen molar-refractivity contribution in [1.82, 2.24) is 75.2 Å². The monoisotopic (exact) mass is 1590 g/mol. The number of nitrogens with one attached hydrogen (secondary N) is 2. The number of aromatic nitrogens is 13. The Bertz CT molecular complexity index is 5720. The van der Waals surface area contributed by atoms with Crippen molar-refractivity contribution >= 4 is 52.6 Å². The minimum absolute atomic E-state index is 0.00555. The molecule has 4 N–H and O–H groups in total. The Balaban J connectivity index is 0.000000136. The van der Waals surface area contributed by atoms with Crippen molar-refractivity contribution < 1.29 is 32.9 Å². The largest absolute Gasteiger partial charge is 0.462 e. The second kappa shape index (κ2) is 33.7. The lowest BCUT2D eigenvalue weighted by atomic mass is 9.85. The molecule has 26 heteroatoms. The van der Waals surface area contributed by atoms with Crippen molar-refractivity contribution in [3.05, 3.63) is 217 Å². The summed E-state index contributed by atoms with van der Waals surface area (Å²) in [6, 6.07) is 27.1. The van der Waals surface area contributed by atoms with Crippen LogP contribution < -0.4 is 16.4 Å². The molecule has 0 saturated carbocycles. The van der Waals surface area contributed by atoms with Crippen LogP contribution in [0.5, 0.6) is 0 Å². The Hall–Kier alpha value is -11.8. The molecule has 0 fully saturated rings. The molecule has 0 bridgehead atoms. The van der Waals surface area contributed by atoms with Gasteiger partial charge in [-0.2, -0.15) is 25.3 Å². The molecule has 2 amide bonds. The van der Waals surface area contributed by atoms with E-state index in [2.05, 4.69) is 206 Å². The van der Waals surface area contributed by atoms with Crippen LogP contribution in [0.15, 0.2) is 134 Å². The number of aliphatic imine (C=N–C) groups is 3. The molecule has 0 saturated heterocycles. The van der Waals surface area contributed by atoms with Gasteiger partial charge in [0.2, 0.25) is 0 Å². The number of fused-ring (bicyclic) bond motifs is 6. The van der Waals surface area contributed by atoms with E-state index < -0.39 is 11.6 Å². The Kier molecular flexibility index (Phi) is 23.6. The summed E-state index contributed by atoms with van der Waals surface area (Å²) in [6.45, 7) is 36.6. The molecule has 3 aliphatic carbocycles. The number of hydrogen-bond acceptors (Lipinski definition) is 21. The number of carbonyl (C=O) groups is 3. The number of amides is 2. The highest BCUT2D eigenvalue weighted by Crippen LogP contribution is 2.43. The van der Waals surface area contributed by atoms with Gasteiger partial charge in [-0.05, 0) is 226 Å². The number of methoxy groups -OCH3 is 1. The zero-order valence-electron chi connectivity index (χ0n) is 71.4. The summed E-state index contributed by atoms with van der Waals surface area (Å²) in [5, 5.41) is 27.6. The van der Waals surface area contributed by atoms with Crippen LogP contribution in [-0.2, 0) is 58.8 Å². The zero-order valence-corrected chi connectivity index (χ0v) is 71.4. The van der Waals surface area contributed by atoms with Crippen LogP contribution >= 0.6 is 0 Å². The molecule has 118 heavy (non-hydrogen) atoms. The van der Waals surface area contributed by atoms with E-state index in [1.807, 2.05) is 109 Å². The minimum atomic E-state index is -0.608.